The number of thiophene rings is 1. The molecule has 0 atom stereocenters. The summed E-state index contributed by atoms with van der Waals surface area (Å²) in [5, 5.41) is 9.32. The van der Waals surface area contributed by atoms with E-state index >= 15 is 0 Å². The molecule has 10 aromatic carbocycles. The number of furan rings is 2. The highest BCUT2D eigenvalue weighted by Crippen LogP contribution is 2.50. The second-order valence-corrected chi connectivity index (χ2v) is 17.9. The molecule has 4 aromatic heterocycles. The Kier molecular flexibility index (Phi) is 7.82. The number of hydrogen-bond donors (Lipinski definition) is 0. The zero-order valence-corrected chi connectivity index (χ0v) is 35.7. The molecule has 14 rings (SSSR count). The lowest BCUT2D eigenvalue weighted by atomic mass is 9.96. The lowest BCUT2D eigenvalue weighted by molar-refractivity contribution is 0.669. The summed E-state index contributed by atoms with van der Waals surface area (Å²) < 4.78 is 18.7. The van der Waals surface area contributed by atoms with Crippen LogP contribution in [0.1, 0.15) is 0 Å². The Hall–Kier alpha value is -8.38. The first kappa shape index (κ1) is 36.1. The van der Waals surface area contributed by atoms with Crippen molar-refractivity contribution < 1.29 is 8.83 Å². The van der Waals surface area contributed by atoms with E-state index in [4.69, 9.17) is 8.83 Å². The monoisotopic (exact) mass is 848 g/mol. The number of fused-ring (bicyclic) bond motifs is 12. The van der Waals surface area contributed by atoms with E-state index in [0.717, 1.165) is 94.4 Å². The van der Waals surface area contributed by atoms with Gasteiger partial charge in [-0.2, -0.15) is 0 Å². The Balaban J connectivity index is 1.06. The Morgan fingerprint density at radius 1 is 0.369 bits per heavy atom. The van der Waals surface area contributed by atoms with Crippen LogP contribution in [0, 0.1) is 0 Å². The van der Waals surface area contributed by atoms with Crippen molar-refractivity contribution in [2.24, 2.45) is 0 Å². The van der Waals surface area contributed by atoms with E-state index in [-0.39, 0.29) is 0 Å². The summed E-state index contributed by atoms with van der Waals surface area (Å²) in [6.07, 6.45) is 0. The summed E-state index contributed by atoms with van der Waals surface area (Å²) in [6.45, 7) is 0. The third kappa shape index (κ3) is 5.49. The molecule has 0 aliphatic rings. The minimum Gasteiger partial charge on any atom is -0.456 e. The van der Waals surface area contributed by atoms with Crippen LogP contribution >= 0.6 is 11.3 Å². The van der Waals surface area contributed by atoms with Crippen molar-refractivity contribution in [3.63, 3.8) is 0 Å². The Morgan fingerprint density at radius 2 is 0.969 bits per heavy atom. The highest BCUT2D eigenvalue weighted by atomic mass is 32.1. The average molecular weight is 849 g/mol. The molecule has 0 aliphatic carbocycles. The van der Waals surface area contributed by atoms with E-state index < -0.39 is 0 Å². The predicted octanol–water partition coefficient (Wildman–Crippen LogP) is 17.8. The smallest absolute Gasteiger partial charge is 0.145 e. The summed E-state index contributed by atoms with van der Waals surface area (Å²) in [5.74, 6) is 0. The highest BCUT2D eigenvalue weighted by Gasteiger charge is 2.26. The number of aromatic nitrogens is 1. The van der Waals surface area contributed by atoms with Crippen LogP contribution in [0.4, 0.5) is 17.1 Å². The first-order valence-electron chi connectivity index (χ1n) is 22.0. The Labute approximate surface area is 377 Å². The second-order valence-electron chi connectivity index (χ2n) is 16.8. The molecule has 0 saturated heterocycles. The van der Waals surface area contributed by atoms with Crippen molar-refractivity contribution >= 4 is 114 Å². The third-order valence-electron chi connectivity index (χ3n) is 13.2. The molecule has 14 aromatic rings. The van der Waals surface area contributed by atoms with Crippen molar-refractivity contribution in [1.82, 2.24) is 4.57 Å². The fourth-order valence-corrected chi connectivity index (χ4v) is 11.4. The molecule has 4 nitrogen and oxygen atoms in total. The minimum absolute atomic E-state index is 0.830. The first-order chi connectivity index (χ1) is 32.2. The van der Waals surface area contributed by atoms with Crippen molar-refractivity contribution in [3.8, 4) is 27.9 Å². The van der Waals surface area contributed by atoms with E-state index in [1.165, 1.54) is 36.5 Å². The normalized spacial score (nSPS) is 12.0. The maximum Gasteiger partial charge on any atom is 0.145 e. The van der Waals surface area contributed by atoms with Gasteiger partial charge in [-0.25, -0.2) is 0 Å². The topological polar surface area (TPSA) is 34.5 Å². The van der Waals surface area contributed by atoms with Crippen LogP contribution in [0.2, 0.25) is 0 Å². The van der Waals surface area contributed by atoms with Crippen molar-refractivity contribution in [2.75, 3.05) is 4.90 Å². The minimum atomic E-state index is 0.830. The van der Waals surface area contributed by atoms with Gasteiger partial charge in [0, 0.05) is 75.5 Å². The van der Waals surface area contributed by atoms with E-state index in [1.54, 1.807) is 0 Å². The van der Waals surface area contributed by atoms with Gasteiger partial charge in [0.1, 0.15) is 22.3 Å². The highest BCUT2D eigenvalue weighted by molar-refractivity contribution is 7.25. The van der Waals surface area contributed by atoms with Gasteiger partial charge in [0.2, 0.25) is 0 Å². The van der Waals surface area contributed by atoms with Crippen LogP contribution in [0.15, 0.2) is 227 Å². The fourth-order valence-electron chi connectivity index (χ4n) is 10.3. The quantitative estimate of drug-likeness (QED) is 0.167. The van der Waals surface area contributed by atoms with Crippen molar-refractivity contribution in [2.45, 2.75) is 0 Å². The standard InChI is InChI=1S/C60H36N2O2S/c1-7-22-50-41(16-1)42-17-2-8-23-51(42)62(50)52-24-9-3-21-48(52)59-53(32-31-47-44-19-5-11-26-55(44)64-60(47)59)61(40-29-30-45-43-18-4-10-25-54(43)63-56(45)36-40)39-15-13-14-37(34-39)38-28-33-58-49(35-38)46-20-6-12-27-57(46)65-58/h1-36H. The van der Waals surface area contributed by atoms with E-state index in [1.807, 2.05) is 29.5 Å². The van der Waals surface area contributed by atoms with Crippen molar-refractivity contribution in [1.29, 1.82) is 0 Å². The zero-order valence-electron chi connectivity index (χ0n) is 34.9. The van der Waals surface area contributed by atoms with Gasteiger partial charge in [0.25, 0.3) is 0 Å². The van der Waals surface area contributed by atoms with E-state index in [0.29, 0.717) is 0 Å². The molecule has 0 radical (unpaired) electrons. The summed E-state index contributed by atoms with van der Waals surface area (Å²) >= 11 is 1.85. The molecule has 304 valence electrons. The SMILES string of the molecule is c1cc(-c2ccc3sc4ccccc4c3c2)cc(N(c2ccc3c(c2)oc2ccccc23)c2ccc3c(oc4ccccc43)c2-c2ccccc2-n2c3ccccc3c3ccccc32)c1. The molecule has 65 heavy (non-hydrogen) atoms. The van der Waals surface area contributed by atoms with Gasteiger partial charge in [0.15, 0.2) is 0 Å². The molecule has 0 unspecified atom stereocenters. The van der Waals surface area contributed by atoms with Gasteiger partial charge in [-0.3, -0.25) is 0 Å². The van der Waals surface area contributed by atoms with Crippen LogP contribution in [-0.2, 0) is 0 Å². The number of rotatable bonds is 6. The molecule has 0 fully saturated rings. The number of nitrogens with zero attached hydrogens (tertiary/aromatic N) is 2. The molecule has 0 amide bonds. The number of hydrogen-bond acceptors (Lipinski definition) is 4. The van der Waals surface area contributed by atoms with E-state index in [2.05, 4.69) is 210 Å². The Bertz CT molecular complexity index is 4170. The Morgan fingerprint density at radius 3 is 1.78 bits per heavy atom. The number of anilines is 3. The summed E-state index contributed by atoms with van der Waals surface area (Å²) in [4.78, 5) is 2.39. The lowest BCUT2D eigenvalue weighted by Crippen LogP contribution is -2.12. The maximum absolute atomic E-state index is 7.07. The predicted molar refractivity (Wildman–Crippen MR) is 274 cm³/mol. The van der Waals surface area contributed by atoms with Crippen LogP contribution in [0.3, 0.4) is 0 Å². The lowest BCUT2D eigenvalue weighted by Gasteiger charge is -2.29. The van der Waals surface area contributed by atoms with Crippen LogP contribution < -0.4 is 4.90 Å². The molecular weight excluding hydrogens is 813 g/mol. The summed E-state index contributed by atoms with van der Waals surface area (Å²) in [7, 11) is 0. The fraction of sp³-hybridized carbons (Fsp3) is 0. The molecular formula is C60H36N2O2S. The van der Waals surface area contributed by atoms with E-state index in [9.17, 15) is 0 Å². The zero-order chi connectivity index (χ0) is 42.6. The number of para-hydroxylation sites is 5. The van der Waals surface area contributed by atoms with Gasteiger partial charge >= 0.3 is 0 Å². The molecule has 0 N–H and O–H groups in total. The average Bonchev–Trinajstić information content (AvgIpc) is 4.13. The maximum atomic E-state index is 7.07. The third-order valence-corrected chi connectivity index (χ3v) is 14.3. The molecule has 4 heterocycles. The molecule has 0 bridgehead atoms. The van der Waals surface area contributed by atoms with Crippen LogP contribution in [0.25, 0.3) is 114 Å². The van der Waals surface area contributed by atoms with Crippen LogP contribution in [-0.4, -0.2) is 4.57 Å². The van der Waals surface area contributed by atoms with Crippen LogP contribution in [0.5, 0.6) is 0 Å². The van der Waals surface area contributed by atoms with Gasteiger partial charge < -0.3 is 18.3 Å². The van der Waals surface area contributed by atoms with Gasteiger partial charge in [-0.1, -0.05) is 127 Å². The molecule has 5 heteroatoms. The summed E-state index contributed by atoms with van der Waals surface area (Å²) in [6, 6.07) is 78.5. The molecule has 0 spiro atoms. The molecule has 0 saturated carbocycles. The van der Waals surface area contributed by atoms with Gasteiger partial charge in [-0.05, 0) is 96.1 Å². The van der Waals surface area contributed by atoms with Crippen molar-refractivity contribution in [3.05, 3.63) is 218 Å². The summed E-state index contributed by atoms with van der Waals surface area (Å²) in [5.41, 5.74) is 14.1. The van der Waals surface area contributed by atoms with Gasteiger partial charge in [-0.15, -0.1) is 11.3 Å². The molecule has 0 aliphatic heterocycles. The largest absolute Gasteiger partial charge is 0.456 e. The first-order valence-corrected chi connectivity index (χ1v) is 22.8. The van der Waals surface area contributed by atoms with Gasteiger partial charge in [0.05, 0.1) is 28.0 Å². The second kappa shape index (κ2) is 14.1. The number of benzene rings is 10.